The molecule has 0 saturated heterocycles. The third kappa shape index (κ3) is 4.45. The SMILES string of the molecule is COc1ccc(NC(=O)c2cc3nc(-c4ccc(OC)c(OC)c4)cc(C(F)(F)F)n3n2)cc1. The van der Waals surface area contributed by atoms with Crippen molar-refractivity contribution in [3.05, 3.63) is 66.0 Å². The highest BCUT2D eigenvalue weighted by Gasteiger charge is 2.35. The summed E-state index contributed by atoms with van der Waals surface area (Å²) in [5, 5.41) is 6.45. The van der Waals surface area contributed by atoms with Gasteiger partial charge in [-0.1, -0.05) is 0 Å². The topological polar surface area (TPSA) is 87.0 Å². The number of aromatic nitrogens is 3. The lowest BCUT2D eigenvalue weighted by Crippen LogP contribution is -2.15. The summed E-state index contributed by atoms with van der Waals surface area (Å²) in [5.41, 5.74) is -0.611. The number of fused-ring (bicyclic) bond motifs is 1. The van der Waals surface area contributed by atoms with Crippen LogP contribution in [-0.4, -0.2) is 41.8 Å². The highest BCUT2D eigenvalue weighted by molar-refractivity contribution is 6.03. The van der Waals surface area contributed by atoms with Gasteiger partial charge in [0.05, 0.1) is 27.0 Å². The second kappa shape index (κ2) is 8.93. The van der Waals surface area contributed by atoms with Crippen molar-refractivity contribution in [3.63, 3.8) is 0 Å². The van der Waals surface area contributed by atoms with E-state index < -0.39 is 17.8 Å². The average molecular weight is 472 g/mol. The average Bonchev–Trinajstić information content (AvgIpc) is 3.27. The number of hydrogen-bond acceptors (Lipinski definition) is 6. The van der Waals surface area contributed by atoms with E-state index in [2.05, 4.69) is 15.4 Å². The molecule has 0 aliphatic carbocycles. The molecule has 0 unspecified atom stereocenters. The van der Waals surface area contributed by atoms with E-state index in [1.165, 1.54) is 33.5 Å². The summed E-state index contributed by atoms with van der Waals surface area (Å²) in [5.74, 6) is 0.664. The van der Waals surface area contributed by atoms with Gasteiger partial charge >= 0.3 is 6.18 Å². The van der Waals surface area contributed by atoms with E-state index in [1.54, 1.807) is 36.4 Å². The fraction of sp³-hybridized carbons (Fsp3) is 0.174. The molecule has 176 valence electrons. The van der Waals surface area contributed by atoms with Crippen LogP contribution in [0.25, 0.3) is 16.9 Å². The lowest BCUT2D eigenvalue weighted by atomic mass is 10.1. The van der Waals surface area contributed by atoms with E-state index in [0.717, 1.165) is 6.07 Å². The van der Waals surface area contributed by atoms with Crippen molar-refractivity contribution >= 4 is 17.2 Å². The van der Waals surface area contributed by atoms with E-state index >= 15 is 0 Å². The normalized spacial score (nSPS) is 11.4. The molecule has 0 aliphatic heterocycles. The van der Waals surface area contributed by atoms with Gasteiger partial charge in [-0.15, -0.1) is 0 Å². The minimum absolute atomic E-state index is 0.0304. The van der Waals surface area contributed by atoms with Crippen LogP contribution in [0.2, 0.25) is 0 Å². The quantitative estimate of drug-likeness (QED) is 0.438. The van der Waals surface area contributed by atoms with Gasteiger partial charge in [-0.3, -0.25) is 4.79 Å². The molecule has 0 fully saturated rings. The lowest BCUT2D eigenvalue weighted by molar-refractivity contribution is -0.142. The molecule has 1 N–H and O–H groups in total. The zero-order chi connectivity index (χ0) is 24.5. The number of alkyl halides is 3. The maximum atomic E-state index is 13.9. The van der Waals surface area contributed by atoms with Gasteiger partial charge in [-0.25, -0.2) is 9.50 Å². The van der Waals surface area contributed by atoms with E-state index in [4.69, 9.17) is 14.2 Å². The van der Waals surface area contributed by atoms with Crippen molar-refractivity contribution in [2.45, 2.75) is 6.18 Å². The lowest BCUT2D eigenvalue weighted by Gasteiger charge is -2.12. The van der Waals surface area contributed by atoms with Crippen LogP contribution in [0, 0.1) is 0 Å². The number of hydrogen-bond donors (Lipinski definition) is 1. The molecule has 0 aliphatic rings. The molecule has 34 heavy (non-hydrogen) atoms. The Hall–Kier alpha value is -4.28. The second-order valence-corrected chi connectivity index (χ2v) is 7.08. The molecule has 4 aromatic rings. The number of methoxy groups -OCH3 is 3. The predicted octanol–water partition coefficient (Wildman–Crippen LogP) is 4.69. The van der Waals surface area contributed by atoms with E-state index in [-0.39, 0.29) is 17.0 Å². The number of anilines is 1. The smallest absolute Gasteiger partial charge is 0.433 e. The van der Waals surface area contributed by atoms with Gasteiger partial charge in [0.25, 0.3) is 5.91 Å². The van der Waals surface area contributed by atoms with Crippen LogP contribution in [0.5, 0.6) is 17.2 Å². The minimum atomic E-state index is -4.75. The standard InChI is InChI=1S/C23H19F3N4O4/c1-32-15-7-5-14(6-8-15)27-22(31)17-12-21-28-16(11-20(23(24,25)26)30(21)29-17)13-4-9-18(33-2)19(10-13)34-3/h4-12H,1-3H3,(H,27,31). The maximum absolute atomic E-state index is 13.9. The van der Waals surface area contributed by atoms with Crippen molar-refractivity contribution in [1.82, 2.24) is 14.6 Å². The van der Waals surface area contributed by atoms with Crippen LogP contribution in [0.1, 0.15) is 16.2 Å². The van der Waals surface area contributed by atoms with Crippen molar-refractivity contribution in [3.8, 4) is 28.5 Å². The number of nitrogens with one attached hydrogen (secondary N) is 1. The Labute approximate surface area is 191 Å². The molecule has 4 rings (SSSR count). The fourth-order valence-corrected chi connectivity index (χ4v) is 3.30. The summed E-state index contributed by atoms with van der Waals surface area (Å²) in [4.78, 5) is 16.9. The van der Waals surface area contributed by atoms with Gasteiger partial charge in [0.2, 0.25) is 0 Å². The Morgan fingerprint density at radius 3 is 2.24 bits per heavy atom. The summed E-state index contributed by atoms with van der Waals surface area (Å²) < 4.78 is 57.7. The molecular weight excluding hydrogens is 453 g/mol. The number of halogens is 3. The first kappa shape index (κ1) is 22.9. The van der Waals surface area contributed by atoms with Crippen LogP contribution >= 0.6 is 0 Å². The Morgan fingerprint density at radius 2 is 1.62 bits per heavy atom. The second-order valence-electron chi connectivity index (χ2n) is 7.08. The van der Waals surface area contributed by atoms with Gasteiger partial charge in [0, 0.05) is 17.3 Å². The number of carbonyl (C=O) groups excluding carboxylic acids is 1. The molecule has 2 heterocycles. The van der Waals surface area contributed by atoms with E-state index in [1.807, 2.05) is 0 Å². The fourth-order valence-electron chi connectivity index (χ4n) is 3.30. The van der Waals surface area contributed by atoms with Gasteiger partial charge in [0.15, 0.2) is 28.5 Å². The number of nitrogens with zero attached hydrogens (tertiary/aromatic N) is 3. The van der Waals surface area contributed by atoms with Gasteiger partial charge in [-0.05, 0) is 48.5 Å². The van der Waals surface area contributed by atoms with Crippen LogP contribution in [0.4, 0.5) is 18.9 Å². The Kier molecular flexibility index (Phi) is 6.01. The summed E-state index contributed by atoms with van der Waals surface area (Å²) in [7, 11) is 4.38. The number of benzene rings is 2. The number of ether oxygens (including phenoxy) is 3. The zero-order valence-corrected chi connectivity index (χ0v) is 18.3. The van der Waals surface area contributed by atoms with Gasteiger partial charge < -0.3 is 19.5 Å². The molecule has 0 spiro atoms. The summed E-state index contributed by atoms with van der Waals surface area (Å²) in [6.07, 6.45) is -4.75. The van der Waals surface area contributed by atoms with Gasteiger partial charge in [-0.2, -0.15) is 18.3 Å². The van der Waals surface area contributed by atoms with Crippen LogP contribution in [0.3, 0.4) is 0 Å². The number of rotatable bonds is 6. The predicted molar refractivity (Wildman–Crippen MR) is 117 cm³/mol. The van der Waals surface area contributed by atoms with Crippen molar-refractivity contribution < 1.29 is 32.2 Å². The first-order chi connectivity index (χ1) is 16.2. The molecule has 2 aromatic carbocycles. The summed E-state index contributed by atoms with van der Waals surface area (Å²) in [6.45, 7) is 0. The Balaban J connectivity index is 1.76. The van der Waals surface area contributed by atoms with Crippen LogP contribution in [-0.2, 0) is 6.18 Å². The van der Waals surface area contributed by atoms with E-state index in [9.17, 15) is 18.0 Å². The first-order valence-corrected chi connectivity index (χ1v) is 9.89. The Morgan fingerprint density at radius 1 is 0.912 bits per heavy atom. The zero-order valence-electron chi connectivity index (χ0n) is 18.3. The third-order valence-corrected chi connectivity index (χ3v) is 4.98. The molecule has 1 amide bonds. The minimum Gasteiger partial charge on any atom is -0.497 e. The molecule has 8 nitrogen and oxygen atoms in total. The van der Waals surface area contributed by atoms with Gasteiger partial charge in [0.1, 0.15) is 5.75 Å². The Bertz CT molecular complexity index is 1350. The van der Waals surface area contributed by atoms with Crippen molar-refractivity contribution in [2.75, 3.05) is 26.6 Å². The maximum Gasteiger partial charge on any atom is 0.433 e. The van der Waals surface area contributed by atoms with Crippen LogP contribution in [0.15, 0.2) is 54.6 Å². The molecule has 11 heteroatoms. The van der Waals surface area contributed by atoms with Crippen molar-refractivity contribution in [2.24, 2.45) is 0 Å². The first-order valence-electron chi connectivity index (χ1n) is 9.89. The van der Waals surface area contributed by atoms with E-state index in [0.29, 0.717) is 33.0 Å². The molecular formula is C23H19F3N4O4. The highest BCUT2D eigenvalue weighted by atomic mass is 19.4. The summed E-state index contributed by atoms with van der Waals surface area (Å²) in [6, 6.07) is 13.2. The molecule has 0 atom stereocenters. The monoisotopic (exact) mass is 472 g/mol. The number of amides is 1. The highest BCUT2D eigenvalue weighted by Crippen LogP contribution is 2.35. The van der Waals surface area contributed by atoms with Crippen LogP contribution < -0.4 is 19.5 Å². The molecule has 0 radical (unpaired) electrons. The summed E-state index contributed by atoms with van der Waals surface area (Å²) >= 11 is 0. The largest absolute Gasteiger partial charge is 0.497 e. The third-order valence-electron chi connectivity index (χ3n) is 4.98. The molecule has 2 aromatic heterocycles. The van der Waals surface area contributed by atoms with Crippen molar-refractivity contribution in [1.29, 1.82) is 0 Å². The molecule has 0 saturated carbocycles. The number of carbonyl (C=O) groups is 1. The molecule has 0 bridgehead atoms.